The Morgan fingerprint density at radius 1 is 1.05 bits per heavy atom. The van der Waals surface area contributed by atoms with E-state index in [1.54, 1.807) is 21.9 Å². The molecular weight excluding hydrogens is 569 g/mol. The average molecular weight is 599 g/mol. The molecule has 0 saturated carbocycles. The van der Waals surface area contributed by atoms with Gasteiger partial charge in [-0.15, -0.1) is 0 Å². The van der Waals surface area contributed by atoms with Gasteiger partial charge in [-0.25, -0.2) is 13.4 Å². The van der Waals surface area contributed by atoms with E-state index in [2.05, 4.69) is 22.1 Å². The molecule has 2 bridgehead atoms. The molecule has 40 heavy (non-hydrogen) atoms. The number of nitrogens with one attached hydrogen (secondary N) is 1. The van der Waals surface area contributed by atoms with E-state index in [1.165, 1.54) is 16.4 Å². The third-order valence-electron chi connectivity index (χ3n) is 8.69. The number of rotatable bonds is 5. The van der Waals surface area contributed by atoms with Gasteiger partial charge in [-0.1, -0.05) is 18.5 Å². The van der Waals surface area contributed by atoms with E-state index in [-0.39, 0.29) is 54.0 Å². The third-order valence-corrected chi connectivity index (χ3v) is 10.8. The SMILES string of the molecule is C[C@@H]1[C@H]2CN[C@@H]1CN2C1CC(=O)N(c2ccc(S(=O)(=O)N3CCN(c4cc(C(F)(F)F)cc(Cl)n4)CC3)cc2)C1. The van der Waals surface area contributed by atoms with Crippen LogP contribution >= 0.6 is 11.6 Å². The van der Waals surface area contributed by atoms with Crippen molar-refractivity contribution in [3.8, 4) is 0 Å². The van der Waals surface area contributed by atoms with Crippen LogP contribution in [0.3, 0.4) is 0 Å². The van der Waals surface area contributed by atoms with Crippen LogP contribution in [0.5, 0.6) is 0 Å². The van der Waals surface area contributed by atoms with E-state index in [9.17, 15) is 26.4 Å². The number of aromatic nitrogens is 1. The molecule has 1 N–H and O–H groups in total. The Morgan fingerprint density at radius 2 is 1.75 bits per heavy atom. The molecule has 6 rings (SSSR count). The molecule has 0 spiro atoms. The molecule has 1 aromatic carbocycles. The van der Waals surface area contributed by atoms with Crippen LogP contribution < -0.4 is 15.1 Å². The van der Waals surface area contributed by atoms with Crippen molar-refractivity contribution in [1.29, 1.82) is 0 Å². The highest BCUT2D eigenvalue weighted by atomic mass is 35.5. The minimum absolute atomic E-state index is 0.0309. The number of nitrogens with zero attached hydrogens (tertiary/aromatic N) is 5. The summed E-state index contributed by atoms with van der Waals surface area (Å²) in [6, 6.07) is 9.09. The molecule has 4 saturated heterocycles. The van der Waals surface area contributed by atoms with Gasteiger partial charge in [-0.3, -0.25) is 9.69 Å². The molecule has 4 aliphatic heterocycles. The second-order valence-corrected chi connectivity index (χ2v) is 13.2. The molecule has 0 aliphatic carbocycles. The number of sulfonamides is 1. The van der Waals surface area contributed by atoms with Crippen LogP contribution in [0.2, 0.25) is 5.15 Å². The summed E-state index contributed by atoms with van der Waals surface area (Å²) in [6.07, 6.45) is -4.12. The highest BCUT2D eigenvalue weighted by Gasteiger charge is 2.49. The first-order valence-electron chi connectivity index (χ1n) is 13.3. The normalized spacial score (nSPS) is 28.2. The topological polar surface area (TPSA) is 89.1 Å². The number of hydrogen-bond acceptors (Lipinski definition) is 7. The van der Waals surface area contributed by atoms with Gasteiger partial charge in [0.05, 0.1) is 10.5 Å². The van der Waals surface area contributed by atoms with Crippen molar-refractivity contribution >= 4 is 39.0 Å². The Morgan fingerprint density at radius 3 is 2.35 bits per heavy atom. The molecule has 1 aromatic heterocycles. The van der Waals surface area contributed by atoms with Crippen LogP contribution in [0.15, 0.2) is 41.3 Å². The Bertz CT molecular complexity index is 1400. The number of anilines is 2. The standard InChI is InChI=1S/C26H30ClF3N6O3S/c1-16-21-15-35(22(16)13-31-21)19-12-25(37)36(14-19)18-2-4-20(5-3-18)40(38,39)34-8-6-33(7-9-34)24-11-17(26(28,29)30)10-23(27)32-24/h2-5,10-11,16,19,21-22,31H,6-9,12-15H2,1H3/t16-,19?,21+,22+/m0/s1. The van der Waals surface area contributed by atoms with Crippen molar-refractivity contribution in [2.24, 2.45) is 5.92 Å². The van der Waals surface area contributed by atoms with E-state index in [0.29, 0.717) is 36.7 Å². The number of likely N-dealkylation sites (tertiary alicyclic amines) is 1. The van der Waals surface area contributed by atoms with Crippen molar-refractivity contribution in [2.75, 3.05) is 55.6 Å². The quantitative estimate of drug-likeness (QED) is 0.530. The first-order chi connectivity index (χ1) is 18.9. The van der Waals surface area contributed by atoms with Crippen LogP contribution in [0, 0.1) is 5.92 Å². The van der Waals surface area contributed by atoms with Gasteiger partial charge in [0.25, 0.3) is 0 Å². The molecule has 216 valence electrons. The van der Waals surface area contributed by atoms with Crippen molar-refractivity contribution < 1.29 is 26.4 Å². The summed E-state index contributed by atoms with van der Waals surface area (Å²) < 4.78 is 67.5. The van der Waals surface area contributed by atoms with Gasteiger partial charge < -0.3 is 15.1 Å². The lowest BCUT2D eigenvalue weighted by Gasteiger charge is -2.35. The lowest BCUT2D eigenvalue weighted by Crippen LogP contribution is -2.49. The van der Waals surface area contributed by atoms with Crippen molar-refractivity contribution in [2.45, 2.75) is 42.5 Å². The van der Waals surface area contributed by atoms with Crippen molar-refractivity contribution in [1.82, 2.24) is 19.5 Å². The summed E-state index contributed by atoms with van der Waals surface area (Å²) in [5, 5.41) is 3.25. The Balaban J connectivity index is 1.10. The number of amides is 1. The van der Waals surface area contributed by atoms with Gasteiger partial charge in [-0.05, 0) is 42.3 Å². The molecule has 4 atom stereocenters. The predicted molar refractivity (Wildman–Crippen MR) is 144 cm³/mol. The number of pyridine rings is 1. The van der Waals surface area contributed by atoms with E-state index in [1.807, 2.05) is 0 Å². The Labute approximate surface area is 235 Å². The van der Waals surface area contributed by atoms with Crippen molar-refractivity contribution in [3.05, 3.63) is 47.1 Å². The molecular formula is C26H30ClF3N6O3S. The number of benzene rings is 1. The largest absolute Gasteiger partial charge is 0.416 e. The van der Waals surface area contributed by atoms with Gasteiger partial charge in [0.15, 0.2) is 0 Å². The number of piperazine rings is 2. The molecule has 4 aliphatic rings. The number of halogens is 4. The molecule has 1 unspecified atom stereocenters. The van der Waals surface area contributed by atoms with Gasteiger partial charge in [-0.2, -0.15) is 17.5 Å². The minimum Gasteiger partial charge on any atom is -0.354 e. The average Bonchev–Trinajstić information content (AvgIpc) is 3.59. The molecule has 2 aromatic rings. The lowest BCUT2D eigenvalue weighted by molar-refractivity contribution is -0.137. The summed E-state index contributed by atoms with van der Waals surface area (Å²) in [4.78, 5) is 22.8. The smallest absolute Gasteiger partial charge is 0.354 e. The molecule has 14 heteroatoms. The van der Waals surface area contributed by atoms with Crippen LogP contribution in [-0.4, -0.2) is 92.5 Å². The van der Waals surface area contributed by atoms with E-state index >= 15 is 0 Å². The number of carbonyl (C=O) groups excluding carboxylic acids is 1. The van der Waals surface area contributed by atoms with Crippen molar-refractivity contribution in [3.63, 3.8) is 0 Å². The van der Waals surface area contributed by atoms with Gasteiger partial charge in [0, 0.05) is 76.0 Å². The fraction of sp³-hybridized carbons (Fsp3) is 0.538. The third kappa shape index (κ3) is 4.95. The molecule has 1 amide bonds. The number of alkyl halides is 3. The predicted octanol–water partition coefficient (Wildman–Crippen LogP) is 2.66. The van der Waals surface area contributed by atoms with Crippen LogP contribution in [0.25, 0.3) is 0 Å². The number of hydrogen-bond donors (Lipinski definition) is 1. The zero-order chi connectivity index (χ0) is 28.4. The Hall–Kier alpha value is -2.45. The summed E-state index contributed by atoms with van der Waals surface area (Å²) in [7, 11) is -3.84. The van der Waals surface area contributed by atoms with Crippen LogP contribution in [0.4, 0.5) is 24.7 Å². The first-order valence-corrected chi connectivity index (χ1v) is 15.1. The molecule has 0 radical (unpaired) electrons. The van der Waals surface area contributed by atoms with Gasteiger partial charge in [0.2, 0.25) is 15.9 Å². The second-order valence-electron chi connectivity index (χ2n) is 10.9. The highest BCUT2D eigenvalue weighted by Crippen LogP contribution is 2.36. The summed E-state index contributed by atoms with van der Waals surface area (Å²) >= 11 is 5.81. The molecule has 4 fully saturated rings. The number of carbonyl (C=O) groups is 1. The fourth-order valence-corrected chi connectivity index (χ4v) is 8.04. The maximum atomic E-state index is 13.3. The summed E-state index contributed by atoms with van der Waals surface area (Å²) in [5.74, 6) is 0.653. The van der Waals surface area contributed by atoms with Crippen LogP contribution in [0.1, 0.15) is 18.9 Å². The van der Waals surface area contributed by atoms with Crippen LogP contribution in [-0.2, 0) is 21.0 Å². The number of fused-ring (bicyclic) bond motifs is 2. The maximum absolute atomic E-state index is 13.3. The molecule has 9 nitrogen and oxygen atoms in total. The van der Waals surface area contributed by atoms with Gasteiger partial charge >= 0.3 is 6.18 Å². The van der Waals surface area contributed by atoms with E-state index in [0.717, 1.165) is 25.2 Å². The Kier molecular flexibility index (Phi) is 7.01. The minimum atomic E-state index is -4.57. The summed E-state index contributed by atoms with van der Waals surface area (Å²) in [6.45, 7) is 5.21. The second kappa shape index (κ2) is 10.1. The maximum Gasteiger partial charge on any atom is 0.416 e. The first kappa shape index (κ1) is 27.7. The lowest BCUT2D eigenvalue weighted by atomic mass is 10.0. The molecule has 5 heterocycles. The summed E-state index contributed by atoms with van der Waals surface area (Å²) in [5.41, 5.74) is -0.237. The van der Waals surface area contributed by atoms with Gasteiger partial charge in [0.1, 0.15) is 11.0 Å². The van der Waals surface area contributed by atoms with E-state index in [4.69, 9.17) is 11.6 Å². The van der Waals surface area contributed by atoms with E-state index < -0.39 is 21.8 Å². The monoisotopic (exact) mass is 598 g/mol. The highest BCUT2D eigenvalue weighted by molar-refractivity contribution is 7.89. The zero-order valence-electron chi connectivity index (χ0n) is 21.8. The zero-order valence-corrected chi connectivity index (χ0v) is 23.4. The fourth-order valence-electron chi connectivity index (χ4n) is 6.42.